The smallest absolute Gasteiger partial charge is 0.135 e. The molecule has 0 unspecified atom stereocenters. The van der Waals surface area contributed by atoms with E-state index in [9.17, 15) is 0 Å². The van der Waals surface area contributed by atoms with E-state index in [1.54, 1.807) is 0 Å². The monoisotopic (exact) mass is 194 g/mol. The van der Waals surface area contributed by atoms with Gasteiger partial charge in [-0.15, -0.1) is 0 Å². The minimum atomic E-state index is 0.342. The molecular formula is C10H18N4. The lowest BCUT2D eigenvalue weighted by Crippen LogP contribution is -2.08. The number of aromatic nitrogens is 2. The predicted octanol–water partition coefficient (Wildman–Crippen LogP) is 1.99. The van der Waals surface area contributed by atoms with Gasteiger partial charge in [0, 0.05) is 25.6 Å². The van der Waals surface area contributed by atoms with Crippen LogP contribution in [0.4, 0.5) is 11.6 Å². The maximum Gasteiger partial charge on any atom is 0.135 e. The van der Waals surface area contributed by atoms with Gasteiger partial charge in [-0.3, -0.25) is 0 Å². The number of hydrogen-bond acceptors (Lipinski definition) is 4. The summed E-state index contributed by atoms with van der Waals surface area (Å²) in [7, 11) is 3.75. The normalized spacial score (nSPS) is 10.4. The van der Waals surface area contributed by atoms with Gasteiger partial charge in [-0.1, -0.05) is 13.8 Å². The van der Waals surface area contributed by atoms with Crippen molar-refractivity contribution in [2.45, 2.75) is 26.7 Å². The molecule has 0 saturated carbocycles. The highest BCUT2D eigenvalue weighted by atomic mass is 15.1. The standard InChI is InChI=1S/C10H18N4/c1-6(2)8-13-9(11-4)7(3)10(12-5)14-8/h6H,1-5H3,(H2,11,12,13,14). The summed E-state index contributed by atoms with van der Waals surface area (Å²) in [5, 5.41) is 6.15. The molecule has 78 valence electrons. The predicted molar refractivity (Wildman–Crippen MR) is 60.0 cm³/mol. The molecule has 0 aromatic carbocycles. The molecule has 1 aromatic heterocycles. The molecule has 0 saturated heterocycles. The molecule has 0 radical (unpaired) electrons. The Kier molecular flexibility index (Phi) is 3.28. The zero-order valence-corrected chi connectivity index (χ0v) is 9.47. The minimum absolute atomic E-state index is 0.342. The van der Waals surface area contributed by atoms with Crippen LogP contribution in [-0.4, -0.2) is 24.1 Å². The molecule has 2 N–H and O–H groups in total. The summed E-state index contributed by atoms with van der Waals surface area (Å²) in [4.78, 5) is 8.87. The van der Waals surface area contributed by atoms with E-state index in [-0.39, 0.29) is 0 Å². The van der Waals surface area contributed by atoms with E-state index < -0.39 is 0 Å². The third kappa shape index (κ3) is 1.95. The Bertz CT molecular complexity index is 295. The van der Waals surface area contributed by atoms with Crippen molar-refractivity contribution in [3.8, 4) is 0 Å². The van der Waals surface area contributed by atoms with Gasteiger partial charge in [-0.25, -0.2) is 9.97 Å². The Labute approximate surface area is 85.2 Å². The minimum Gasteiger partial charge on any atom is -0.373 e. The number of nitrogens with zero attached hydrogens (tertiary/aromatic N) is 2. The van der Waals surface area contributed by atoms with E-state index in [2.05, 4.69) is 34.4 Å². The van der Waals surface area contributed by atoms with Crippen molar-refractivity contribution in [2.24, 2.45) is 0 Å². The third-order valence-electron chi connectivity index (χ3n) is 2.15. The average Bonchev–Trinajstić information content (AvgIpc) is 2.17. The maximum atomic E-state index is 4.44. The first-order chi connectivity index (χ1) is 6.60. The molecule has 0 spiro atoms. The van der Waals surface area contributed by atoms with Crippen LogP contribution in [0.3, 0.4) is 0 Å². The fraction of sp³-hybridized carbons (Fsp3) is 0.600. The summed E-state index contributed by atoms with van der Waals surface area (Å²) in [6.45, 7) is 6.18. The quantitative estimate of drug-likeness (QED) is 0.772. The SMILES string of the molecule is CNc1nc(C(C)C)nc(NC)c1C. The van der Waals surface area contributed by atoms with E-state index >= 15 is 0 Å². The van der Waals surface area contributed by atoms with Crippen molar-refractivity contribution in [3.63, 3.8) is 0 Å². The van der Waals surface area contributed by atoms with Crippen LogP contribution in [-0.2, 0) is 0 Å². The summed E-state index contributed by atoms with van der Waals surface area (Å²) in [5.74, 6) is 3.00. The molecule has 4 heteroatoms. The molecule has 14 heavy (non-hydrogen) atoms. The molecule has 0 amide bonds. The Morgan fingerprint density at radius 3 is 1.71 bits per heavy atom. The van der Waals surface area contributed by atoms with Crippen molar-refractivity contribution in [3.05, 3.63) is 11.4 Å². The third-order valence-corrected chi connectivity index (χ3v) is 2.15. The molecule has 0 atom stereocenters. The Morgan fingerprint density at radius 1 is 1.00 bits per heavy atom. The van der Waals surface area contributed by atoms with Gasteiger partial charge in [-0.2, -0.15) is 0 Å². The second kappa shape index (κ2) is 4.26. The maximum absolute atomic E-state index is 4.44. The van der Waals surface area contributed by atoms with E-state index in [4.69, 9.17) is 0 Å². The van der Waals surface area contributed by atoms with Crippen LogP contribution >= 0.6 is 0 Å². The highest BCUT2D eigenvalue weighted by Crippen LogP contribution is 2.21. The van der Waals surface area contributed by atoms with E-state index in [0.29, 0.717) is 5.92 Å². The summed E-state index contributed by atoms with van der Waals surface area (Å²) in [6.07, 6.45) is 0. The summed E-state index contributed by atoms with van der Waals surface area (Å²) < 4.78 is 0. The Morgan fingerprint density at radius 2 is 1.43 bits per heavy atom. The summed E-state index contributed by atoms with van der Waals surface area (Å²) in [5.41, 5.74) is 1.06. The molecule has 0 fully saturated rings. The molecule has 0 aliphatic carbocycles. The van der Waals surface area contributed by atoms with Crippen LogP contribution in [0.25, 0.3) is 0 Å². The van der Waals surface area contributed by atoms with Crippen LogP contribution in [0.1, 0.15) is 31.2 Å². The van der Waals surface area contributed by atoms with Crippen molar-refractivity contribution < 1.29 is 0 Å². The van der Waals surface area contributed by atoms with E-state index in [0.717, 1.165) is 23.0 Å². The highest BCUT2D eigenvalue weighted by molar-refractivity contribution is 5.56. The number of rotatable bonds is 3. The average molecular weight is 194 g/mol. The van der Waals surface area contributed by atoms with Gasteiger partial charge < -0.3 is 10.6 Å². The van der Waals surface area contributed by atoms with Crippen molar-refractivity contribution in [1.82, 2.24) is 9.97 Å². The molecule has 0 aliphatic heterocycles. The molecule has 0 bridgehead atoms. The molecule has 4 nitrogen and oxygen atoms in total. The van der Waals surface area contributed by atoms with Crippen LogP contribution in [0, 0.1) is 6.92 Å². The van der Waals surface area contributed by atoms with Gasteiger partial charge >= 0.3 is 0 Å². The lowest BCUT2D eigenvalue weighted by Gasteiger charge is -2.13. The Hall–Kier alpha value is -1.32. The van der Waals surface area contributed by atoms with E-state index in [1.165, 1.54) is 0 Å². The molecule has 1 aromatic rings. The lowest BCUT2D eigenvalue weighted by molar-refractivity contribution is 0.775. The van der Waals surface area contributed by atoms with Crippen molar-refractivity contribution in [2.75, 3.05) is 24.7 Å². The van der Waals surface area contributed by atoms with Crippen LogP contribution in [0.15, 0.2) is 0 Å². The Balaban J connectivity index is 3.25. The number of hydrogen-bond donors (Lipinski definition) is 2. The van der Waals surface area contributed by atoms with Crippen molar-refractivity contribution in [1.29, 1.82) is 0 Å². The van der Waals surface area contributed by atoms with Gasteiger partial charge in [0.2, 0.25) is 0 Å². The molecule has 1 rings (SSSR count). The van der Waals surface area contributed by atoms with Gasteiger partial charge in [-0.05, 0) is 6.92 Å². The molecule has 1 heterocycles. The first kappa shape index (κ1) is 10.8. The van der Waals surface area contributed by atoms with Gasteiger partial charge in [0.1, 0.15) is 17.5 Å². The number of nitrogens with one attached hydrogen (secondary N) is 2. The fourth-order valence-electron chi connectivity index (χ4n) is 1.28. The van der Waals surface area contributed by atoms with Gasteiger partial charge in [0.15, 0.2) is 0 Å². The first-order valence-corrected chi connectivity index (χ1v) is 4.84. The highest BCUT2D eigenvalue weighted by Gasteiger charge is 2.10. The zero-order chi connectivity index (χ0) is 10.7. The van der Waals surface area contributed by atoms with Gasteiger partial charge in [0.05, 0.1) is 0 Å². The number of anilines is 2. The van der Waals surface area contributed by atoms with Crippen LogP contribution < -0.4 is 10.6 Å². The van der Waals surface area contributed by atoms with Crippen molar-refractivity contribution >= 4 is 11.6 Å². The topological polar surface area (TPSA) is 49.8 Å². The second-order valence-electron chi connectivity index (χ2n) is 3.56. The largest absolute Gasteiger partial charge is 0.373 e. The van der Waals surface area contributed by atoms with E-state index in [1.807, 2.05) is 21.0 Å². The summed E-state index contributed by atoms with van der Waals surface area (Å²) >= 11 is 0. The summed E-state index contributed by atoms with van der Waals surface area (Å²) in [6, 6.07) is 0. The van der Waals surface area contributed by atoms with Crippen LogP contribution in [0.5, 0.6) is 0 Å². The lowest BCUT2D eigenvalue weighted by atomic mass is 10.2. The molecule has 0 aliphatic rings. The second-order valence-corrected chi connectivity index (χ2v) is 3.56. The fourth-order valence-corrected chi connectivity index (χ4v) is 1.28. The first-order valence-electron chi connectivity index (χ1n) is 4.84. The zero-order valence-electron chi connectivity index (χ0n) is 9.47. The molecular weight excluding hydrogens is 176 g/mol. The van der Waals surface area contributed by atoms with Gasteiger partial charge in [0.25, 0.3) is 0 Å². The van der Waals surface area contributed by atoms with Crippen LogP contribution in [0.2, 0.25) is 0 Å².